The van der Waals surface area contributed by atoms with Crippen LogP contribution in [0.2, 0.25) is 15.1 Å². The van der Waals surface area contributed by atoms with E-state index < -0.39 is 19.9 Å². The first-order valence-electron chi connectivity index (χ1n) is 6.15. The molecular weight excluding hydrogens is 380 g/mol. The highest BCUT2D eigenvalue weighted by Crippen LogP contribution is 2.38. The number of carbonyl (C=O) groups is 1. The fourth-order valence-electron chi connectivity index (χ4n) is 2.29. The normalized spacial score (nSPS) is 16.2. The van der Waals surface area contributed by atoms with Crippen LogP contribution in [0.15, 0.2) is 11.0 Å². The summed E-state index contributed by atoms with van der Waals surface area (Å²) in [5.41, 5.74) is -0.169. The molecule has 0 atom stereocenters. The predicted octanol–water partition coefficient (Wildman–Crippen LogP) is 4.25. The lowest BCUT2D eigenvalue weighted by atomic mass is 10.1. The summed E-state index contributed by atoms with van der Waals surface area (Å²) in [6, 6.07) is 1.06. The number of hydrogen-bond acceptors (Lipinski definition) is 3. The third-order valence-corrected chi connectivity index (χ3v) is 5.94. The molecule has 1 saturated carbocycles. The maximum atomic E-state index is 12.3. The van der Waals surface area contributed by atoms with Crippen molar-refractivity contribution in [2.75, 3.05) is 0 Å². The van der Waals surface area contributed by atoms with Gasteiger partial charge in [-0.05, 0) is 18.9 Å². The summed E-state index contributed by atoms with van der Waals surface area (Å²) in [7, 11) is 1.15. The molecule has 2 rings (SSSR count). The Balaban J connectivity index is 2.46. The Morgan fingerprint density at radius 2 is 1.71 bits per heavy atom. The Bertz CT molecular complexity index is 684. The molecule has 9 heteroatoms. The van der Waals surface area contributed by atoms with Crippen molar-refractivity contribution >= 4 is 60.4 Å². The van der Waals surface area contributed by atoms with E-state index in [9.17, 15) is 13.2 Å². The molecule has 1 N–H and O–H groups in total. The summed E-state index contributed by atoms with van der Waals surface area (Å²) in [6.45, 7) is 0. The highest BCUT2D eigenvalue weighted by atomic mass is 35.7. The van der Waals surface area contributed by atoms with Gasteiger partial charge in [0.25, 0.3) is 15.0 Å². The van der Waals surface area contributed by atoms with Gasteiger partial charge in [-0.1, -0.05) is 47.6 Å². The standard InChI is InChI=1S/C12H11Cl4NO3S/c13-7-5-8(21(16,19)20)11(15)9(10(7)14)12(18)17-6-3-1-2-4-6/h5-6H,1-4H2,(H,17,18). The van der Waals surface area contributed by atoms with Gasteiger partial charge in [-0.25, -0.2) is 8.42 Å². The molecule has 1 amide bonds. The van der Waals surface area contributed by atoms with Gasteiger partial charge in [-0.3, -0.25) is 4.79 Å². The molecule has 0 radical (unpaired) electrons. The smallest absolute Gasteiger partial charge is 0.262 e. The SMILES string of the molecule is O=C(NC1CCCC1)c1c(Cl)c(Cl)cc(S(=O)(=O)Cl)c1Cl. The third-order valence-electron chi connectivity index (χ3n) is 3.30. The van der Waals surface area contributed by atoms with Crippen LogP contribution >= 0.6 is 45.5 Å². The maximum Gasteiger partial charge on any atom is 0.262 e. The summed E-state index contributed by atoms with van der Waals surface area (Å²) in [5.74, 6) is -0.555. The van der Waals surface area contributed by atoms with Crippen molar-refractivity contribution in [2.24, 2.45) is 0 Å². The van der Waals surface area contributed by atoms with Crippen LogP contribution in [0.3, 0.4) is 0 Å². The summed E-state index contributed by atoms with van der Waals surface area (Å²) in [5, 5.41) is 2.26. The van der Waals surface area contributed by atoms with Gasteiger partial charge < -0.3 is 5.32 Å². The zero-order valence-corrected chi connectivity index (χ0v) is 14.5. The molecule has 1 aliphatic rings. The van der Waals surface area contributed by atoms with E-state index in [1.807, 2.05) is 0 Å². The molecule has 0 heterocycles. The van der Waals surface area contributed by atoms with E-state index in [4.69, 9.17) is 45.5 Å². The Hall–Kier alpha value is -0.200. The maximum absolute atomic E-state index is 12.3. The van der Waals surface area contributed by atoms with E-state index in [0.717, 1.165) is 31.7 Å². The molecule has 116 valence electrons. The Labute approximate surface area is 142 Å². The highest BCUT2D eigenvalue weighted by Gasteiger charge is 2.27. The summed E-state index contributed by atoms with van der Waals surface area (Å²) < 4.78 is 23.0. The Morgan fingerprint density at radius 1 is 1.14 bits per heavy atom. The van der Waals surface area contributed by atoms with Crippen molar-refractivity contribution in [3.63, 3.8) is 0 Å². The van der Waals surface area contributed by atoms with Crippen molar-refractivity contribution in [2.45, 2.75) is 36.6 Å². The van der Waals surface area contributed by atoms with Gasteiger partial charge in [0.1, 0.15) is 4.90 Å². The van der Waals surface area contributed by atoms with Crippen LogP contribution in [0.5, 0.6) is 0 Å². The van der Waals surface area contributed by atoms with Gasteiger partial charge >= 0.3 is 0 Å². The number of halogens is 4. The molecule has 0 saturated heterocycles. The van der Waals surface area contributed by atoms with E-state index >= 15 is 0 Å². The number of hydrogen-bond donors (Lipinski definition) is 1. The van der Waals surface area contributed by atoms with Crippen LogP contribution in [0.4, 0.5) is 0 Å². The van der Waals surface area contributed by atoms with Crippen LogP contribution in [0, 0.1) is 0 Å². The van der Waals surface area contributed by atoms with Gasteiger partial charge in [-0.15, -0.1) is 0 Å². The fraction of sp³-hybridized carbons (Fsp3) is 0.417. The summed E-state index contributed by atoms with van der Waals surface area (Å²) in [6.07, 6.45) is 3.79. The average molecular weight is 391 g/mol. The van der Waals surface area contributed by atoms with Crippen molar-refractivity contribution < 1.29 is 13.2 Å². The number of amides is 1. The largest absolute Gasteiger partial charge is 0.349 e. The topological polar surface area (TPSA) is 63.2 Å². The van der Waals surface area contributed by atoms with E-state index in [1.165, 1.54) is 0 Å². The minimum atomic E-state index is -4.14. The molecule has 0 bridgehead atoms. The zero-order chi connectivity index (χ0) is 15.8. The van der Waals surface area contributed by atoms with Crippen LogP contribution in [-0.4, -0.2) is 20.4 Å². The Morgan fingerprint density at radius 3 is 2.24 bits per heavy atom. The van der Waals surface area contributed by atoms with Crippen LogP contribution < -0.4 is 5.32 Å². The van der Waals surface area contributed by atoms with Crippen LogP contribution in [0.1, 0.15) is 36.0 Å². The predicted molar refractivity (Wildman–Crippen MR) is 84.2 cm³/mol. The first-order chi connectivity index (χ1) is 9.71. The summed E-state index contributed by atoms with van der Waals surface area (Å²) >= 11 is 17.8. The van der Waals surface area contributed by atoms with Crippen LogP contribution in [-0.2, 0) is 9.05 Å². The average Bonchev–Trinajstić information content (AvgIpc) is 2.85. The zero-order valence-electron chi connectivity index (χ0n) is 10.6. The van der Waals surface area contributed by atoms with Crippen molar-refractivity contribution in [3.05, 3.63) is 26.7 Å². The molecule has 21 heavy (non-hydrogen) atoms. The Kier molecular flexibility index (Phi) is 5.31. The molecule has 0 spiro atoms. The van der Waals surface area contributed by atoms with Gasteiger partial charge in [-0.2, -0.15) is 0 Å². The number of nitrogens with one attached hydrogen (secondary N) is 1. The van der Waals surface area contributed by atoms with Crippen LogP contribution in [0.25, 0.3) is 0 Å². The van der Waals surface area contributed by atoms with Crippen molar-refractivity contribution in [3.8, 4) is 0 Å². The second-order valence-electron chi connectivity index (χ2n) is 4.75. The number of benzene rings is 1. The summed E-state index contributed by atoms with van der Waals surface area (Å²) in [4.78, 5) is 11.9. The second kappa shape index (κ2) is 6.50. The first-order valence-corrected chi connectivity index (χ1v) is 9.59. The van der Waals surface area contributed by atoms with E-state index in [-0.39, 0.29) is 26.7 Å². The molecule has 0 unspecified atom stereocenters. The molecule has 1 aliphatic carbocycles. The first kappa shape index (κ1) is 17.2. The number of carbonyl (C=O) groups excluding carboxylic acids is 1. The number of rotatable bonds is 3. The molecule has 0 aliphatic heterocycles. The lowest BCUT2D eigenvalue weighted by Gasteiger charge is -2.15. The minimum absolute atomic E-state index is 0.0275. The quantitative estimate of drug-likeness (QED) is 0.619. The van der Waals surface area contributed by atoms with Crippen molar-refractivity contribution in [1.82, 2.24) is 5.32 Å². The fourth-order valence-corrected chi connectivity index (χ4v) is 4.43. The minimum Gasteiger partial charge on any atom is -0.349 e. The molecule has 1 aromatic rings. The van der Waals surface area contributed by atoms with Gasteiger partial charge in [0.2, 0.25) is 0 Å². The van der Waals surface area contributed by atoms with E-state index in [1.54, 1.807) is 0 Å². The van der Waals surface area contributed by atoms with Crippen molar-refractivity contribution in [1.29, 1.82) is 0 Å². The van der Waals surface area contributed by atoms with Gasteiger partial charge in [0.05, 0.1) is 20.6 Å². The lowest BCUT2D eigenvalue weighted by Crippen LogP contribution is -2.33. The molecule has 1 aromatic carbocycles. The van der Waals surface area contributed by atoms with E-state index in [0.29, 0.717) is 0 Å². The van der Waals surface area contributed by atoms with Gasteiger partial charge in [0.15, 0.2) is 0 Å². The van der Waals surface area contributed by atoms with Gasteiger partial charge in [0, 0.05) is 16.7 Å². The molecule has 0 aromatic heterocycles. The third kappa shape index (κ3) is 3.77. The molecule has 4 nitrogen and oxygen atoms in total. The van der Waals surface area contributed by atoms with E-state index in [2.05, 4.69) is 5.32 Å². The molecular formula is C12H11Cl4NO3S. The monoisotopic (exact) mass is 389 g/mol. The lowest BCUT2D eigenvalue weighted by molar-refractivity contribution is 0.0938. The highest BCUT2D eigenvalue weighted by molar-refractivity contribution is 8.13. The second-order valence-corrected chi connectivity index (χ2v) is 8.45. The molecule has 1 fully saturated rings.